The maximum atomic E-state index is 12.5. The molecule has 3 N–H and O–H groups in total. The van der Waals surface area contributed by atoms with Crippen LogP contribution >= 0.6 is 12.2 Å². The maximum Gasteiger partial charge on any atom is 0.290 e. The van der Waals surface area contributed by atoms with Crippen molar-refractivity contribution in [2.45, 2.75) is 26.8 Å². The molecule has 1 amide bonds. The highest BCUT2D eigenvalue weighted by Gasteiger charge is 2.16. The largest absolute Gasteiger partial charge is 0.358 e. The smallest absolute Gasteiger partial charge is 0.290 e. The van der Waals surface area contributed by atoms with Gasteiger partial charge < -0.3 is 5.32 Å². The summed E-state index contributed by atoms with van der Waals surface area (Å²) < 4.78 is 1.31. The molecule has 25 heavy (non-hydrogen) atoms. The Labute approximate surface area is 151 Å². The predicted molar refractivity (Wildman–Crippen MR) is 102 cm³/mol. The number of hydrogen-bond acceptors (Lipinski definition) is 4. The summed E-state index contributed by atoms with van der Waals surface area (Å²) in [5.74, 6) is -0.472. The summed E-state index contributed by atoms with van der Waals surface area (Å²) in [5, 5.41) is 8.34. The summed E-state index contributed by atoms with van der Waals surface area (Å²) in [6, 6.07) is 6.91. The predicted octanol–water partition coefficient (Wildman–Crippen LogP) is 1.49. The Morgan fingerprint density at radius 1 is 1.28 bits per heavy atom. The molecule has 8 heteroatoms. The molecular weight excluding hydrogens is 338 g/mol. The Kier molecular flexibility index (Phi) is 6.24. The zero-order valence-corrected chi connectivity index (χ0v) is 15.1. The number of hydrazine groups is 1. The van der Waals surface area contributed by atoms with Gasteiger partial charge in [0.2, 0.25) is 0 Å². The van der Waals surface area contributed by atoms with Crippen LogP contribution in [0.5, 0.6) is 0 Å². The van der Waals surface area contributed by atoms with E-state index in [2.05, 4.69) is 27.8 Å². The van der Waals surface area contributed by atoms with Gasteiger partial charge >= 0.3 is 0 Å². The van der Waals surface area contributed by atoms with E-state index in [1.54, 1.807) is 24.3 Å². The lowest BCUT2D eigenvalue weighted by Gasteiger charge is -2.13. The highest BCUT2D eigenvalue weighted by atomic mass is 32.1. The zero-order chi connectivity index (χ0) is 18.4. The van der Waals surface area contributed by atoms with Crippen molar-refractivity contribution in [2.24, 2.45) is 0 Å². The van der Waals surface area contributed by atoms with Gasteiger partial charge in [-0.3, -0.25) is 20.4 Å². The van der Waals surface area contributed by atoms with Gasteiger partial charge in [0.15, 0.2) is 10.8 Å². The highest BCUT2D eigenvalue weighted by Crippen LogP contribution is 2.13. The van der Waals surface area contributed by atoms with Gasteiger partial charge in [0.05, 0.1) is 5.39 Å². The first-order chi connectivity index (χ1) is 11.9. The van der Waals surface area contributed by atoms with Crippen molar-refractivity contribution < 1.29 is 4.79 Å². The van der Waals surface area contributed by atoms with Gasteiger partial charge in [0.25, 0.3) is 11.5 Å². The number of fused-ring (bicyclic) bond motifs is 1. The van der Waals surface area contributed by atoms with E-state index in [4.69, 9.17) is 12.2 Å². The maximum absolute atomic E-state index is 12.5. The number of hydrogen-bond donors (Lipinski definition) is 3. The molecule has 0 radical (unpaired) electrons. The molecule has 0 fully saturated rings. The third kappa shape index (κ3) is 4.63. The lowest BCUT2D eigenvalue weighted by Crippen LogP contribution is -2.47. The number of amides is 1. The molecule has 0 spiro atoms. The van der Waals surface area contributed by atoms with Gasteiger partial charge in [-0.1, -0.05) is 37.3 Å². The first-order valence-corrected chi connectivity index (χ1v) is 8.33. The van der Waals surface area contributed by atoms with Crippen LogP contribution in [0.4, 0.5) is 0 Å². The number of benzene rings is 1. The molecule has 0 aliphatic carbocycles. The third-order valence-corrected chi connectivity index (χ3v) is 3.60. The number of rotatable bonds is 5. The second kappa shape index (κ2) is 8.39. The van der Waals surface area contributed by atoms with Crippen LogP contribution in [0.1, 0.15) is 30.8 Å². The topological polar surface area (TPSA) is 88.0 Å². The van der Waals surface area contributed by atoms with Crippen molar-refractivity contribution in [2.75, 3.05) is 6.54 Å². The lowest BCUT2D eigenvalue weighted by atomic mass is 10.1. The summed E-state index contributed by atoms with van der Waals surface area (Å²) in [5.41, 5.74) is 5.99. The number of carbonyl (C=O) groups excluding carboxylic acids is 1. The SMILES string of the molecule is C=C(C)CNC(=S)NNC(=O)c1nn(CCC)c(=O)c2ccccc12. The molecule has 0 aliphatic heterocycles. The van der Waals surface area contributed by atoms with Crippen LogP contribution in [-0.2, 0) is 6.54 Å². The minimum Gasteiger partial charge on any atom is -0.358 e. The van der Waals surface area contributed by atoms with Crippen molar-refractivity contribution >= 4 is 34.0 Å². The third-order valence-electron chi connectivity index (χ3n) is 3.36. The fourth-order valence-corrected chi connectivity index (χ4v) is 2.34. The normalized spacial score (nSPS) is 10.3. The lowest BCUT2D eigenvalue weighted by molar-refractivity contribution is 0.0938. The van der Waals surface area contributed by atoms with Crippen molar-refractivity contribution in [3.8, 4) is 0 Å². The van der Waals surface area contributed by atoms with E-state index < -0.39 is 5.91 Å². The molecule has 0 saturated heterocycles. The minimum atomic E-state index is -0.472. The number of aryl methyl sites for hydroxylation is 1. The van der Waals surface area contributed by atoms with Crippen LogP contribution < -0.4 is 21.7 Å². The number of aromatic nitrogens is 2. The van der Waals surface area contributed by atoms with Crippen LogP contribution in [0.25, 0.3) is 10.8 Å². The number of nitrogens with zero attached hydrogens (tertiary/aromatic N) is 2. The second-order valence-corrected chi connectivity index (χ2v) is 6.05. The molecule has 0 atom stereocenters. The molecule has 0 unspecified atom stereocenters. The first kappa shape index (κ1) is 18.6. The highest BCUT2D eigenvalue weighted by molar-refractivity contribution is 7.80. The van der Waals surface area contributed by atoms with Crippen molar-refractivity contribution in [1.82, 2.24) is 25.9 Å². The van der Waals surface area contributed by atoms with Crippen LogP contribution in [0.15, 0.2) is 41.2 Å². The molecule has 2 aromatic rings. The summed E-state index contributed by atoms with van der Waals surface area (Å²) >= 11 is 5.07. The molecule has 1 heterocycles. The Bertz CT molecular complexity index is 875. The Morgan fingerprint density at radius 2 is 1.96 bits per heavy atom. The van der Waals surface area contributed by atoms with Crippen LogP contribution in [0.2, 0.25) is 0 Å². The summed E-state index contributed by atoms with van der Waals surface area (Å²) in [6.07, 6.45) is 0.736. The van der Waals surface area contributed by atoms with Crippen LogP contribution in [-0.4, -0.2) is 27.3 Å². The van der Waals surface area contributed by atoms with E-state index in [-0.39, 0.29) is 16.4 Å². The number of nitrogens with one attached hydrogen (secondary N) is 3. The molecule has 7 nitrogen and oxygen atoms in total. The van der Waals surface area contributed by atoms with E-state index in [0.717, 1.165) is 12.0 Å². The fraction of sp³-hybridized carbons (Fsp3) is 0.294. The van der Waals surface area contributed by atoms with Crippen LogP contribution in [0, 0.1) is 0 Å². The van der Waals surface area contributed by atoms with E-state index in [0.29, 0.717) is 23.9 Å². The molecule has 2 rings (SSSR count). The Balaban J connectivity index is 2.25. The van der Waals surface area contributed by atoms with Crippen molar-refractivity contribution in [3.05, 3.63) is 52.5 Å². The van der Waals surface area contributed by atoms with Crippen molar-refractivity contribution in [3.63, 3.8) is 0 Å². The minimum absolute atomic E-state index is 0.166. The van der Waals surface area contributed by atoms with Gasteiger partial charge in [-0.2, -0.15) is 5.10 Å². The van der Waals surface area contributed by atoms with E-state index in [1.807, 2.05) is 13.8 Å². The monoisotopic (exact) mass is 359 g/mol. The summed E-state index contributed by atoms with van der Waals surface area (Å²) in [4.78, 5) is 24.9. The number of thiocarbonyl (C=S) groups is 1. The summed E-state index contributed by atoms with van der Waals surface area (Å²) in [6.45, 7) is 8.51. The number of carbonyl (C=O) groups is 1. The molecule has 0 saturated carbocycles. The molecule has 132 valence electrons. The van der Waals surface area contributed by atoms with E-state index in [9.17, 15) is 9.59 Å². The van der Waals surface area contributed by atoms with E-state index in [1.165, 1.54) is 4.68 Å². The quantitative estimate of drug-likeness (QED) is 0.426. The average molecular weight is 359 g/mol. The van der Waals surface area contributed by atoms with Crippen LogP contribution in [0.3, 0.4) is 0 Å². The van der Waals surface area contributed by atoms with Gasteiger partial charge in [-0.05, 0) is 31.6 Å². The van der Waals surface area contributed by atoms with E-state index >= 15 is 0 Å². The van der Waals surface area contributed by atoms with Gasteiger partial charge in [-0.15, -0.1) is 0 Å². The molecular formula is C17H21N5O2S. The molecule has 1 aromatic carbocycles. The standard InChI is InChI=1S/C17H21N5O2S/c1-4-9-22-16(24)13-8-6-5-7-12(13)14(21-22)15(23)19-20-17(25)18-10-11(2)3/h5-8H,2,4,9-10H2,1,3H3,(H,19,23)(H2,18,20,25). The van der Waals surface area contributed by atoms with Gasteiger partial charge in [0, 0.05) is 18.5 Å². The molecule has 0 bridgehead atoms. The Morgan fingerprint density at radius 3 is 2.60 bits per heavy atom. The van der Waals surface area contributed by atoms with Gasteiger partial charge in [-0.25, -0.2) is 4.68 Å². The zero-order valence-electron chi connectivity index (χ0n) is 14.3. The summed E-state index contributed by atoms with van der Waals surface area (Å²) in [7, 11) is 0. The first-order valence-electron chi connectivity index (χ1n) is 7.92. The van der Waals surface area contributed by atoms with Crippen molar-refractivity contribution in [1.29, 1.82) is 0 Å². The van der Waals surface area contributed by atoms with Gasteiger partial charge in [0.1, 0.15) is 0 Å². The molecule has 1 aromatic heterocycles. The fourth-order valence-electron chi connectivity index (χ4n) is 2.21. The molecule has 0 aliphatic rings. The Hall–Kier alpha value is -2.74. The second-order valence-electron chi connectivity index (χ2n) is 5.64. The average Bonchev–Trinajstić information content (AvgIpc) is 2.60.